The number of nitrogens with zero attached hydrogens (tertiary/aromatic N) is 1. The van der Waals surface area contributed by atoms with Crippen LogP contribution < -0.4 is 4.89 Å². The molecule has 8 nitrogen and oxygen atoms in total. The molecule has 0 spiro atoms. The molecule has 356 valence electrons. The fourth-order valence-electron chi connectivity index (χ4n) is 5.57. The van der Waals surface area contributed by atoms with Gasteiger partial charge in [-0.3, -0.25) is 9.36 Å². The van der Waals surface area contributed by atoms with E-state index >= 15 is 0 Å². The van der Waals surface area contributed by atoms with E-state index in [0.717, 1.165) is 116 Å². The maximum absolute atomic E-state index is 12.7. The summed E-state index contributed by atoms with van der Waals surface area (Å²) in [5, 5.41) is 0. The first-order chi connectivity index (χ1) is 30.6. The van der Waals surface area contributed by atoms with Gasteiger partial charge in [0.05, 0.1) is 34.4 Å². The van der Waals surface area contributed by atoms with Gasteiger partial charge in [-0.2, -0.15) is 0 Å². The molecule has 2 unspecified atom stereocenters. The smallest absolute Gasteiger partial charge is 0.306 e. The first-order valence-corrected chi connectivity index (χ1v) is 25.4. The van der Waals surface area contributed by atoms with Crippen LogP contribution in [-0.4, -0.2) is 70.7 Å². The minimum Gasteiger partial charge on any atom is -0.756 e. The fourth-order valence-corrected chi connectivity index (χ4v) is 6.30. The van der Waals surface area contributed by atoms with E-state index in [1.54, 1.807) is 0 Å². The molecular formula is C54H88NO7P. The molecule has 0 bridgehead atoms. The summed E-state index contributed by atoms with van der Waals surface area (Å²) >= 11 is 0. The number of phosphoric acid groups is 1. The highest BCUT2D eigenvalue weighted by atomic mass is 31.2. The Morgan fingerprint density at radius 1 is 0.492 bits per heavy atom. The summed E-state index contributed by atoms with van der Waals surface area (Å²) in [5.41, 5.74) is 0. The van der Waals surface area contributed by atoms with E-state index in [4.69, 9.17) is 18.5 Å². The lowest BCUT2D eigenvalue weighted by molar-refractivity contribution is -0.870. The molecule has 0 amide bonds. The molecule has 9 heteroatoms. The molecule has 0 heterocycles. The van der Waals surface area contributed by atoms with Crippen molar-refractivity contribution >= 4 is 13.8 Å². The van der Waals surface area contributed by atoms with Gasteiger partial charge in [0.2, 0.25) is 0 Å². The Kier molecular flexibility index (Phi) is 42.8. The van der Waals surface area contributed by atoms with Gasteiger partial charge in [0.15, 0.2) is 0 Å². The Balaban J connectivity index is 4.32. The average molecular weight is 894 g/mol. The number of likely N-dealkylation sites (N-methyl/N-ethyl adjacent to an activating group) is 1. The topological polar surface area (TPSA) is 94.1 Å². The van der Waals surface area contributed by atoms with Crippen LogP contribution in [0.2, 0.25) is 0 Å². The molecule has 0 aliphatic carbocycles. The number of carbonyl (C=O) groups is 1. The lowest BCUT2D eigenvalue weighted by Crippen LogP contribution is -2.37. The summed E-state index contributed by atoms with van der Waals surface area (Å²) in [5.74, 6) is -0.391. The third-order valence-electron chi connectivity index (χ3n) is 9.20. The molecule has 0 aromatic rings. The van der Waals surface area contributed by atoms with E-state index in [2.05, 4.69) is 148 Å². The van der Waals surface area contributed by atoms with Crippen molar-refractivity contribution in [2.24, 2.45) is 0 Å². The van der Waals surface area contributed by atoms with E-state index in [1.165, 1.54) is 0 Å². The monoisotopic (exact) mass is 894 g/mol. The molecule has 0 radical (unpaired) electrons. The summed E-state index contributed by atoms with van der Waals surface area (Å²) in [7, 11) is 1.28. The highest BCUT2D eigenvalue weighted by Crippen LogP contribution is 2.38. The maximum atomic E-state index is 12.7. The number of allylic oxidation sites excluding steroid dienone is 22. The van der Waals surface area contributed by atoms with Crippen LogP contribution in [0.15, 0.2) is 134 Å². The van der Waals surface area contributed by atoms with Gasteiger partial charge >= 0.3 is 5.97 Å². The molecule has 0 saturated carbocycles. The zero-order chi connectivity index (χ0) is 46.2. The average Bonchev–Trinajstić information content (AvgIpc) is 3.24. The number of carbonyl (C=O) groups excluding carboxylic acids is 1. The summed E-state index contributed by atoms with van der Waals surface area (Å²) < 4.78 is 34.6. The summed E-state index contributed by atoms with van der Waals surface area (Å²) in [4.78, 5) is 25.1. The van der Waals surface area contributed by atoms with Crippen molar-refractivity contribution in [3.63, 3.8) is 0 Å². The van der Waals surface area contributed by atoms with Crippen molar-refractivity contribution in [1.82, 2.24) is 0 Å². The quantitative estimate of drug-likeness (QED) is 0.0198. The van der Waals surface area contributed by atoms with Gasteiger partial charge in [0.1, 0.15) is 19.3 Å². The van der Waals surface area contributed by atoms with Crippen LogP contribution in [0.25, 0.3) is 0 Å². The van der Waals surface area contributed by atoms with Crippen LogP contribution in [0.4, 0.5) is 0 Å². The highest BCUT2D eigenvalue weighted by Gasteiger charge is 2.20. The van der Waals surface area contributed by atoms with E-state index in [9.17, 15) is 14.3 Å². The van der Waals surface area contributed by atoms with Crippen molar-refractivity contribution in [3.05, 3.63) is 134 Å². The number of quaternary nitrogens is 1. The van der Waals surface area contributed by atoms with Crippen LogP contribution >= 0.6 is 7.82 Å². The SMILES string of the molecule is CC/C=C\C/C=C\C/C=C\C/C=C\C/C=C\C/C=C\C/C=C\CCCCCCOCC(COP(=O)([O-])OCC[N+](C)(C)C)OC(=O)CCCC/C=C\C/C=C\C/C=C\C/C=C\CC. The number of ether oxygens (including phenoxy) is 2. The Hall–Kier alpha value is -3.36. The molecule has 0 aliphatic heterocycles. The van der Waals surface area contributed by atoms with Gasteiger partial charge in [0.25, 0.3) is 7.82 Å². The zero-order valence-electron chi connectivity index (χ0n) is 40.2. The summed E-state index contributed by atoms with van der Waals surface area (Å²) in [6.45, 7) is 5.01. The molecule has 0 aromatic carbocycles. The Morgan fingerprint density at radius 2 is 0.873 bits per heavy atom. The normalized spacial score (nSPS) is 14.8. The lowest BCUT2D eigenvalue weighted by atomic mass is 10.1. The molecule has 0 aromatic heterocycles. The molecule has 63 heavy (non-hydrogen) atoms. The second kappa shape index (κ2) is 45.2. The highest BCUT2D eigenvalue weighted by molar-refractivity contribution is 7.45. The Morgan fingerprint density at radius 3 is 1.29 bits per heavy atom. The molecule has 0 saturated heterocycles. The van der Waals surface area contributed by atoms with E-state index in [0.29, 0.717) is 24.1 Å². The number of hydrogen-bond donors (Lipinski definition) is 0. The number of esters is 1. The van der Waals surface area contributed by atoms with Gasteiger partial charge in [0, 0.05) is 13.0 Å². The molecule has 0 rings (SSSR count). The van der Waals surface area contributed by atoms with Crippen molar-refractivity contribution in [1.29, 1.82) is 0 Å². The van der Waals surface area contributed by atoms with Crippen LogP contribution in [0.5, 0.6) is 0 Å². The summed E-state index contributed by atoms with van der Waals surface area (Å²) in [6, 6.07) is 0. The number of unbranched alkanes of at least 4 members (excludes halogenated alkanes) is 6. The Labute approximate surface area is 385 Å². The van der Waals surface area contributed by atoms with Gasteiger partial charge < -0.3 is 27.9 Å². The third-order valence-corrected chi connectivity index (χ3v) is 10.2. The standard InChI is InChI=1S/C54H88NO7P/c1-6-8-10-12-14-16-18-20-22-23-24-25-26-27-28-29-30-31-32-34-36-38-40-42-44-46-49-59-51-53(52-61-63(57,58)60-50-48-55(3,4)5)62-54(56)47-45-43-41-39-37-35-33-21-19-17-15-13-11-9-7-2/h8-11,14-17,20-22,24-25,27-28,30-31,33-34,36-37,39,53H,6-7,12-13,18-19,23,26,29,32,35,38,40-52H2,1-5H3/b10-8-,11-9-,16-14-,17-15-,22-20-,25-24-,28-27-,31-30-,33-21-,36-34-,39-37-. The molecule has 2 atom stereocenters. The van der Waals surface area contributed by atoms with Gasteiger partial charge in [-0.25, -0.2) is 0 Å². The lowest BCUT2D eigenvalue weighted by Gasteiger charge is -2.28. The zero-order valence-corrected chi connectivity index (χ0v) is 41.1. The predicted octanol–water partition coefficient (Wildman–Crippen LogP) is 14.1. The van der Waals surface area contributed by atoms with Crippen molar-refractivity contribution in [2.45, 2.75) is 148 Å². The van der Waals surface area contributed by atoms with Crippen LogP contribution in [0, 0.1) is 0 Å². The van der Waals surface area contributed by atoms with Gasteiger partial charge in [-0.15, -0.1) is 0 Å². The van der Waals surface area contributed by atoms with Gasteiger partial charge in [-0.1, -0.05) is 160 Å². The molecule has 0 aliphatic rings. The first-order valence-electron chi connectivity index (χ1n) is 23.9. The van der Waals surface area contributed by atoms with E-state index in [1.807, 2.05) is 21.1 Å². The van der Waals surface area contributed by atoms with E-state index in [-0.39, 0.29) is 26.2 Å². The number of rotatable bonds is 42. The third kappa shape index (κ3) is 49.5. The minimum atomic E-state index is -4.56. The second-order valence-corrected chi connectivity index (χ2v) is 17.8. The first kappa shape index (κ1) is 59.6. The molecule has 0 N–H and O–H groups in total. The molecular weight excluding hydrogens is 806 g/mol. The number of phosphoric ester groups is 1. The predicted molar refractivity (Wildman–Crippen MR) is 267 cm³/mol. The largest absolute Gasteiger partial charge is 0.756 e. The van der Waals surface area contributed by atoms with Crippen LogP contribution in [0.3, 0.4) is 0 Å². The Bertz CT molecular complexity index is 1460. The fraction of sp³-hybridized carbons (Fsp3) is 0.574. The van der Waals surface area contributed by atoms with Crippen molar-refractivity contribution in [2.75, 3.05) is 54.1 Å². The second-order valence-electron chi connectivity index (χ2n) is 16.3. The minimum absolute atomic E-state index is 0.00375. The van der Waals surface area contributed by atoms with Crippen LogP contribution in [-0.2, 0) is 27.9 Å². The van der Waals surface area contributed by atoms with Crippen molar-refractivity contribution in [3.8, 4) is 0 Å². The van der Waals surface area contributed by atoms with Gasteiger partial charge in [-0.05, 0) is 109 Å². The van der Waals surface area contributed by atoms with E-state index < -0.39 is 19.9 Å². The van der Waals surface area contributed by atoms with Crippen LogP contribution in [0.1, 0.15) is 142 Å². The maximum Gasteiger partial charge on any atom is 0.306 e. The number of hydrogen-bond acceptors (Lipinski definition) is 7. The van der Waals surface area contributed by atoms with Crippen molar-refractivity contribution < 1.29 is 37.3 Å². The summed E-state index contributed by atoms with van der Waals surface area (Å²) in [6.07, 6.45) is 66.3. The molecule has 0 fully saturated rings.